The zero-order chi connectivity index (χ0) is 36.5. The van der Waals surface area contributed by atoms with Crippen molar-refractivity contribution in [1.29, 1.82) is 0 Å². The van der Waals surface area contributed by atoms with E-state index in [0.29, 0.717) is 0 Å². The zero-order valence-corrected chi connectivity index (χ0v) is 30.3. The maximum atomic E-state index is 2.44. The predicted molar refractivity (Wildman–Crippen MR) is 231 cm³/mol. The molecule has 3 aromatic heterocycles. The van der Waals surface area contributed by atoms with Crippen LogP contribution in [0, 0.1) is 6.92 Å². The van der Waals surface area contributed by atoms with Crippen LogP contribution in [0.4, 0.5) is 17.1 Å². The molecule has 0 saturated carbocycles. The van der Waals surface area contributed by atoms with Gasteiger partial charge in [0.2, 0.25) is 0 Å². The standard InChI is InChI=1S/C51H36N4/c1-35-21-24-40(25-22-35)54-47-20-12-11-19-43(47)45-33-41(26-29-48(45)54)53(38-15-7-3-8-16-38)42-27-30-49-46(34-42)44-28-23-36-31-32-52(37-13-5-2-6-14-37)50(36)51(44)55(49)39-17-9-4-10-18-39/h2-34H,1H3. The Bertz CT molecular complexity index is 3190. The fourth-order valence-electron chi connectivity index (χ4n) is 8.60. The second kappa shape index (κ2) is 12.4. The molecule has 11 aromatic rings. The van der Waals surface area contributed by atoms with Gasteiger partial charge in [0.15, 0.2) is 0 Å². The lowest BCUT2D eigenvalue weighted by atomic mass is 10.1. The summed E-state index contributed by atoms with van der Waals surface area (Å²) < 4.78 is 7.15. The number of benzene rings is 8. The van der Waals surface area contributed by atoms with E-state index in [-0.39, 0.29) is 0 Å². The summed E-state index contributed by atoms with van der Waals surface area (Å²) in [7, 11) is 0. The number of nitrogens with zero attached hydrogens (tertiary/aromatic N) is 4. The van der Waals surface area contributed by atoms with Gasteiger partial charge in [-0.3, -0.25) is 0 Å². The summed E-state index contributed by atoms with van der Waals surface area (Å²) >= 11 is 0. The molecule has 0 spiro atoms. The van der Waals surface area contributed by atoms with Gasteiger partial charge in [0.25, 0.3) is 0 Å². The highest BCUT2D eigenvalue weighted by molar-refractivity contribution is 6.19. The van der Waals surface area contributed by atoms with E-state index in [0.717, 1.165) is 34.1 Å². The van der Waals surface area contributed by atoms with Gasteiger partial charge < -0.3 is 18.6 Å². The highest BCUT2D eigenvalue weighted by atomic mass is 15.1. The van der Waals surface area contributed by atoms with E-state index < -0.39 is 0 Å². The van der Waals surface area contributed by atoms with E-state index >= 15 is 0 Å². The van der Waals surface area contributed by atoms with Crippen molar-refractivity contribution in [1.82, 2.24) is 13.7 Å². The lowest BCUT2D eigenvalue weighted by molar-refractivity contribution is 1.12. The third-order valence-corrected chi connectivity index (χ3v) is 11.1. The third-order valence-electron chi connectivity index (χ3n) is 11.1. The second-order valence-electron chi connectivity index (χ2n) is 14.4. The molecule has 0 saturated heterocycles. The van der Waals surface area contributed by atoms with Crippen LogP contribution in [0.25, 0.3) is 71.6 Å². The number of rotatable bonds is 6. The fraction of sp³-hybridized carbons (Fsp3) is 0.0196. The van der Waals surface area contributed by atoms with Gasteiger partial charge >= 0.3 is 0 Å². The van der Waals surface area contributed by atoms with Gasteiger partial charge in [-0.05, 0) is 104 Å². The Balaban J connectivity index is 1.17. The van der Waals surface area contributed by atoms with Crippen molar-refractivity contribution in [3.8, 4) is 17.1 Å². The first-order valence-corrected chi connectivity index (χ1v) is 18.9. The number of fused-ring (bicyclic) bond motifs is 8. The van der Waals surface area contributed by atoms with Crippen LogP contribution in [0.2, 0.25) is 0 Å². The van der Waals surface area contributed by atoms with Crippen LogP contribution in [0.5, 0.6) is 0 Å². The quantitative estimate of drug-likeness (QED) is 0.168. The van der Waals surface area contributed by atoms with Gasteiger partial charge in [-0.2, -0.15) is 0 Å². The molecule has 8 aromatic carbocycles. The highest BCUT2D eigenvalue weighted by Crippen LogP contribution is 2.43. The molecule has 0 fully saturated rings. The number of para-hydroxylation sites is 4. The van der Waals surface area contributed by atoms with E-state index in [9.17, 15) is 0 Å². The molecule has 0 aliphatic heterocycles. The van der Waals surface area contributed by atoms with Crippen molar-refractivity contribution in [3.63, 3.8) is 0 Å². The minimum atomic E-state index is 1.10. The summed E-state index contributed by atoms with van der Waals surface area (Å²) in [5, 5.41) is 6.09. The molecule has 260 valence electrons. The average Bonchev–Trinajstić information content (AvgIpc) is 3.92. The Morgan fingerprint density at radius 2 is 0.927 bits per heavy atom. The van der Waals surface area contributed by atoms with Gasteiger partial charge in [0, 0.05) is 67.3 Å². The summed E-state index contributed by atoms with van der Waals surface area (Å²) in [5.74, 6) is 0. The molecular weight excluding hydrogens is 669 g/mol. The Morgan fingerprint density at radius 3 is 1.64 bits per heavy atom. The normalized spacial score (nSPS) is 11.7. The zero-order valence-electron chi connectivity index (χ0n) is 30.3. The van der Waals surface area contributed by atoms with Crippen LogP contribution in [-0.4, -0.2) is 13.7 Å². The number of aromatic nitrogens is 3. The van der Waals surface area contributed by atoms with Crippen LogP contribution in [0.1, 0.15) is 5.56 Å². The predicted octanol–water partition coefficient (Wildman–Crippen LogP) is 13.6. The second-order valence-corrected chi connectivity index (χ2v) is 14.4. The lowest BCUT2D eigenvalue weighted by Gasteiger charge is -2.26. The van der Waals surface area contributed by atoms with Gasteiger partial charge in [-0.1, -0.05) is 103 Å². The molecular formula is C51H36N4. The van der Waals surface area contributed by atoms with Gasteiger partial charge in [-0.15, -0.1) is 0 Å². The van der Waals surface area contributed by atoms with E-state index in [1.54, 1.807) is 0 Å². The van der Waals surface area contributed by atoms with E-state index in [4.69, 9.17) is 0 Å². The minimum absolute atomic E-state index is 1.10. The van der Waals surface area contributed by atoms with Crippen molar-refractivity contribution in [2.75, 3.05) is 4.90 Å². The first-order chi connectivity index (χ1) is 27.2. The van der Waals surface area contributed by atoms with Gasteiger partial charge in [0.1, 0.15) is 0 Å². The molecule has 4 nitrogen and oxygen atoms in total. The molecule has 0 N–H and O–H groups in total. The molecule has 3 heterocycles. The van der Waals surface area contributed by atoms with Crippen LogP contribution >= 0.6 is 0 Å². The Labute approximate surface area is 319 Å². The molecule has 0 radical (unpaired) electrons. The smallest absolute Gasteiger partial charge is 0.0788 e. The molecule has 11 rings (SSSR count). The summed E-state index contributed by atoms with van der Waals surface area (Å²) in [6, 6.07) is 70.4. The minimum Gasteiger partial charge on any atom is -0.315 e. The Morgan fingerprint density at radius 1 is 0.364 bits per heavy atom. The molecule has 0 aliphatic rings. The molecule has 0 atom stereocenters. The molecule has 0 amide bonds. The number of aryl methyl sites for hydroxylation is 1. The van der Waals surface area contributed by atoms with Gasteiger partial charge in [0.05, 0.1) is 27.6 Å². The fourth-order valence-corrected chi connectivity index (χ4v) is 8.60. The molecule has 0 bridgehead atoms. The summed E-state index contributed by atoms with van der Waals surface area (Å²) in [5.41, 5.74) is 14.0. The van der Waals surface area contributed by atoms with E-state index in [2.05, 4.69) is 226 Å². The van der Waals surface area contributed by atoms with Crippen molar-refractivity contribution in [2.45, 2.75) is 6.92 Å². The average molecular weight is 705 g/mol. The summed E-state index contributed by atoms with van der Waals surface area (Å²) in [6.07, 6.45) is 2.20. The summed E-state index contributed by atoms with van der Waals surface area (Å²) in [6.45, 7) is 2.14. The molecule has 0 aliphatic carbocycles. The van der Waals surface area contributed by atoms with Crippen molar-refractivity contribution in [3.05, 3.63) is 206 Å². The number of hydrogen-bond acceptors (Lipinski definition) is 1. The first-order valence-electron chi connectivity index (χ1n) is 18.9. The lowest BCUT2D eigenvalue weighted by Crippen LogP contribution is -2.09. The molecule has 55 heavy (non-hydrogen) atoms. The molecule has 4 heteroatoms. The van der Waals surface area contributed by atoms with Crippen LogP contribution in [-0.2, 0) is 0 Å². The number of hydrogen-bond donors (Lipinski definition) is 0. The van der Waals surface area contributed by atoms with Crippen molar-refractivity contribution >= 4 is 71.6 Å². The maximum Gasteiger partial charge on any atom is 0.0788 e. The highest BCUT2D eigenvalue weighted by Gasteiger charge is 2.22. The number of anilines is 3. The Kier molecular flexibility index (Phi) is 7.04. The Hall–Kier alpha value is -7.30. The van der Waals surface area contributed by atoms with Crippen molar-refractivity contribution in [2.24, 2.45) is 0 Å². The van der Waals surface area contributed by atoms with Crippen LogP contribution < -0.4 is 4.90 Å². The van der Waals surface area contributed by atoms with Crippen molar-refractivity contribution < 1.29 is 0 Å². The summed E-state index contributed by atoms with van der Waals surface area (Å²) in [4.78, 5) is 2.40. The first kappa shape index (κ1) is 31.2. The monoisotopic (exact) mass is 704 g/mol. The maximum absolute atomic E-state index is 2.44. The third kappa shape index (κ3) is 4.92. The van der Waals surface area contributed by atoms with E-state index in [1.165, 1.54) is 60.1 Å². The van der Waals surface area contributed by atoms with Crippen LogP contribution in [0.15, 0.2) is 200 Å². The molecule has 0 unspecified atom stereocenters. The van der Waals surface area contributed by atoms with E-state index in [1.807, 2.05) is 0 Å². The largest absolute Gasteiger partial charge is 0.315 e. The topological polar surface area (TPSA) is 18.0 Å². The van der Waals surface area contributed by atoms with Gasteiger partial charge in [-0.25, -0.2) is 0 Å². The SMILES string of the molecule is Cc1ccc(-n2c3ccccc3c3cc(N(c4ccccc4)c4ccc5c(c4)c4ccc6ccn(-c7ccccc7)c6c4n5-c4ccccc4)ccc32)cc1. The van der Waals surface area contributed by atoms with Crippen LogP contribution in [0.3, 0.4) is 0 Å².